The van der Waals surface area contributed by atoms with Crippen LogP contribution in [-0.4, -0.2) is 29.6 Å². The molecule has 6 heteroatoms. The van der Waals surface area contributed by atoms with Gasteiger partial charge in [-0.1, -0.05) is 0 Å². The first-order valence-corrected chi connectivity index (χ1v) is 8.17. The number of thiophene rings is 1. The predicted molar refractivity (Wildman–Crippen MR) is 83.8 cm³/mol. The first-order valence-electron chi connectivity index (χ1n) is 7.35. The average Bonchev–Trinajstić information content (AvgIpc) is 2.90. The van der Waals surface area contributed by atoms with Gasteiger partial charge >= 0.3 is 5.97 Å². The van der Waals surface area contributed by atoms with Crippen molar-refractivity contribution < 1.29 is 9.53 Å². The molecule has 2 heterocycles. The maximum atomic E-state index is 11.1. The number of aromatic nitrogens is 2. The lowest BCUT2D eigenvalue weighted by molar-refractivity contribution is -0.140. The summed E-state index contributed by atoms with van der Waals surface area (Å²) in [5, 5.41) is 4.54. The number of carbonyl (C=O) groups excluding carboxylic acids is 1. The Morgan fingerprint density at radius 2 is 2.24 bits per heavy atom. The van der Waals surface area contributed by atoms with E-state index in [4.69, 9.17) is 0 Å². The Labute approximate surface area is 127 Å². The molecule has 21 heavy (non-hydrogen) atoms. The fourth-order valence-corrected chi connectivity index (χ4v) is 3.99. The lowest BCUT2D eigenvalue weighted by Crippen LogP contribution is -2.08. The van der Waals surface area contributed by atoms with Gasteiger partial charge in [-0.3, -0.25) is 4.79 Å². The molecule has 1 aliphatic rings. The summed E-state index contributed by atoms with van der Waals surface area (Å²) < 4.78 is 4.64. The average molecular weight is 305 g/mol. The fourth-order valence-electron chi connectivity index (χ4n) is 2.77. The van der Waals surface area contributed by atoms with Crippen LogP contribution >= 0.6 is 11.3 Å². The second-order valence-electron chi connectivity index (χ2n) is 5.22. The molecule has 0 radical (unpaired) electrons. The van der Waals surface area contributed by atoms with Crippen LogP contribution in [0.3, 0.4) is 0 Å². The summed E-state index contributed by atoms with van der Waals surface area (Å²) in [6.07, 6.45) is 7.60. The molecule has 5 nitrogen and oxygen atoms in total. The Morgan fingerprint density at radius 3 is 3.10 bits per heavy atom. The number of ether oxygens (including phenoxy) is 1. The second kappa shape index (κ2) is 6.39. The summed E-state index contributed by atoms with van der Waals surface area (Å²) >= 11 is 1.80. The number of anilines is 1. The Kier molecular flexibility index (Phi) is 4.34. The number of methoxy groups -OCH3 is 1. The van der Waals surface area contributed by atoms with Crippen LogP contribution in [0.5, 0.6) is 0 Å². The molecule has 2 aromatic heterocycles. The van der Waals surface area contributed by atoms with Gasteiger partial charge in [0.05, 0.1) is 12.5 Å². The molecule has 1 N–H and O–H groups in total. The first kappa shape index (κ1) is 14.3. The highest BCUT2D eigenvalue weighted by atomic mass is 32.1. The van der Waals surface area contributed by atoms with E-state index in [9.17, 15) is 4.79 Å². The molecule has 3 rings (SSSR count). The molecule has 0 saturated heterocycles. The molecule has 0 atom stereocenters. The van der Waals surface area contributed by atoms with E-state index in [1.165, 1.54) is 35.8 Å². The van der Waals surface area contributed by atoms with Crippen LogP contribution in [0.4, 0.5) is 5.82 Å². The molecular formula is C15H19N3O2S. The minimum atomic E-state index is -0.169. The van der Waals surface area contributed by atoms with Crippen LogP contribution in [0.15, 0.2) is 6.33 Å². The van der Waals surface area contributed by atoms with Crippen molar-refractivity contribution >= 4 is 33.3 Å². The largest absolute Gasteiger partial charge is 0.469 e. The minimum Gasteiger partial charge on any atom is -0.469 e. The molecule has 0 aromatic carbocycles. The summed E-state index contributed by atoms with van der Waals surface area (Å²) in [6, 6.07) is 0. The number of fused-ring (bicyclic) bond motifs is 3. The summed E-state index contributed by atoms with van der Waals surface area (Å²) in [6.45, 7) is 0.714. The van der Waals surface area contributed by atoms with E-state index in [-0.39, 0.29) is 5.97 Å². The van der Waals surface area contributed by atoms with E-state index in [0.29, 0.717) is 13.0 Å². The van der Waals surface area contributed by atoms with Crippen molar-refractivity contribution in [1.82, 2.24) is 9.97 Å². The maximum absolute atomic E-state index is 11.1. The van der Waals surface area contributed by atoms with E-state index in [1.807, 2.05) is 0 Å². The Hall–Kier alpha value is -1.69. The highest BCUT2D eigenvalue weighted by molar-refractivity contribution is 7.19. The van der Waals surface area contributed by atoms with Crippen LogP contribution in [0.2, 0.25) is 0 Å². The smallest absolute Gasteiger partial charge is 0.305 e. The van der Waals surface area contributed by atoms with Crippen molar-refractivity contribution in [3.05, 3.63) is 16.8 Å². The van der Waals surface area contributed by atoms with Gasteiger partial charge in [0.1, 0.15) is 17.0 Å². The van der Waals surface area contributed by atoms with Crippen molar-refractivity contribution in [2.45, 2.75) is 38.5 Å². The van der Waals surface area contributed by atoms with Crippen LogP contribution in [0.25, 0.3) is 10.2 Å². The van der Waals surface area contributed by atoms with E-state index >= 15 is 0 Å². The zero-order valence-corrected chi connectivity index (χ0v) is 13.0. The molecule has 2 aromatic rings. The van der Waals surface area contributed by atoms with Crippen LogP contribution in [0, 0.1) is 0 Å². The van der Waals surface area contributed by atoms with E-state index in [2.05, 4.69) is 20.0 Å². The quantitative estimate of drug-likeness (QED) is 0.679. The minimum absolute atomic E-state index is 0.169. The zero-order valence-electron chi connectivity index (χ0n) is 12.1. The summed E-state index contributed by atoms with van der Waals surface area (Å²) in [7, 11) is 1.42. The van der Waals surface area contributed by atoms with Gasteiger partial charge < -0.3 is 10.1 Å². The van der Waals surface area contributed by atoms with Gasteiger partial charge in [-0.05, 0) is 37.7 Å². The number of nitrogens with zero attached hydrogens (tertiary/aromatic N) is 2. The van der Waals surface area contributed by atoms with Gasteiger partial charge in [0.25, 0.3) is 0 Å². The SMILES string of the molecule is COC(=O)CCCNc1ncnc2sc3c(c12)CCCC3. The van der Waals surface area contributed by atoms with Gasteiger partial charge in [0.2, 0.25) is 0 Å². The topological polar surface area (TPSA) is 64.1 Å². The molecule has 0 bridgehead atoms. The van der Waals surface area contributed by atoms with Gasteiger partial charge in [-0.25, -0.2) is 9.97 Å². The predicted octanol–water partition coefficient (Wildman–Crippen LogP) is 2.94. The number of aryl methyl sites for hydroxylation is 2. The third kappa shape index (κ3) is 3.00. The fraction of sp³-hybridized carbons (Fsp3) is 0.533. The molecule has 112 valence electrons. The maximum Gasteiger partial charge on any atom is 0.305 e. The Morgan fingerprint density at radius 1 is 1.38 bits per heavy atom. The number of nitrogens with one attached hydrogen (secondary N) is 1. The first-order chi connectivity index (χ1) is 10.3. The molecule has 0 spiro atoms. The Bertz CT molecular complexity index is 654. The van der Waals surface area contributed by atoms with Crippen molar-refractivity contribution in [3.63, 3.8) is 0 Å². The normalized spacial score (nSPS) is 14.0. The molecule has 1 aliphatic carbocycles. The van der Waals surface area contributed by atoms with Gasteiger partial charge in [-0.15, -0.1) is 11.3 Å². The van der Waals surface area contributed by atoms with E-state index in [0.717, 1.165) is 29.9 Å². The lowest BCUT2D eigenvalue weighted by atomic mass is 9.97. The van der Waals surface area contributed by atoms with E-state index in [1.54, 1.807) is 17.7 Å². The number of esters is 1. The van der Waals surface area contributed by atoms with Crippen LogP contribution in [-0.2, 0) is 22.4 Å². The molecule has 0 aliphatic heterocycles. The highest BCUT2D eigenvalue weighted by Crippen LogP contribution is 2.37. The van der Waals surface area contributed by atoms with Crippen LogP contribution in [0.1, 0.15) is 36.1 Å². The lowest BCUT2D eigenvalue weighted by Gasteiger charge is -2.12. The standard InChI is InChI=1S/C15H19N3O2S/c1-20-12(19)7-4-8-16-14-13-10-5-2-3-6-11(10)21-15(13)18-9-17-14/h9H,2-8H2,1H3,(H,16,17,18). The molecule has 0 fully saturated rings. The highest BCUT2D eigenvalue weighted by Gasteiger charge is 2.19. The van der Waals surface area contributed by atoms with Gasteiger partial charge in [0, 0.05) is 17.8 Å². The van der Waals surface area contributed by atoms with Crippen LogP contribution < -0.4 is 5.32 Å². The van der Waals surface area contributed by atoms with Crippen molar-refractivity contribution in [1.29, 1.82) is 0 Å². The molecule has 0 saturated carbocycles. The van der Waals surface area contributed by atoms with E-state index < -0.39 is 0 Å². The third-order valence-electron chi connectivity index (χ3n) is 3.83. The van der Waals surface area contributed by atoms with Gasteiger partial charge in [-0.2, -0.15) is 0 Å². The zero-order chi connectivity index (χ0) is 14.7. The number of hydrogen-bond donors (Lipinski definition) is 1. The monoisotopic (exact) mass is 305 g/mol. The van der Waals surface area contributed by atoms with Crippen molar-refractivity contribution in [2.24, 2.45) is 0 Å². The number of rotatable bonds is 5. The summed E-state index contributed by atoms with van der Waals surface area (Å²) in [4.78, 5) is 22.5. The summed E-state index contributed by atoms with van der Waals surface area (Å²) in [5.74, 6) is 0.738. The molecular weight excluding hydrogens is 286 g/mol. The van der Waals surface area contributed by atoms with Crippen molar-refractivity contribution in [3.8, 4) is 0 Å². The third-order valence-corrected chi connectivity index (χ3v) is 5.03. The molecule has 0 amide bonds. The Balaban J connectivity index is 1.76. The molecule has 0 unspecified atom stereocenters. The van der Waals surface area contributed by atoms with Gasteiger partial charge in [0.15, 0.2) is 0 Å². The summed E-state index contributed by atoms with van der Waals surface area (Å²) in [5.41, 5.74) is 1.43. The number of hydrogen-bond acceptors (Lipinski definition) is 6. The second-order valence-corrected chi connectivity index (χ2v) is 6.30. The van der Waals surface area contributed by atoms with Crippen molar-refractivity contribution in [2.75, 3.05) is 19.0 Å². The number of carbonyl (C=O) groups is 1.